The van der Waals surface area contributed by atoms with Gasteiger partial charge in [0.25, 0.3) is 11.8 Å². The third-order valence-electron chi connectivity index (χ3n) is 5.61. The Kier molecular flexibility index (Phi) is 5.53. The van der Waals surface area contributed by atoms with E-state index in [4.69, 9.17) is 10.5 Å². The lowest BCUT2D eigenvalue weighted by atomic mass is 10.1. The van der Waals surface area contributed by atoms with Gasteiger partial charge in [0, 0.05) is 12.6 Å². The molecule has 0 aliphatic heterocycles. The van der Waals surface area contributed by atoms with Gasteiger partial charge in [-0.25, -0.2) is 0 Å². The third kappa shape index (κ3) is 3.92. The molecule has 1 unspecified atom stereocenters. The fraction of sp³-hybridized carbons (Fsp3) is 0.200. The zero-order valence-electron chi connectivity index (χ0n) is 16.9. The van der Waals surface area contributed by atoms with Crippen LogP contribution in [0.2, 0.25) is 0 Å². The van der Waals surface area contributed by atoms with E-state index in [0.717, 1.165) is 18.4 Å². The minimum absolute atomic E-state index is 0.0175. The molecular weight excluding hydrogens is 376 g/mol. The Bertz CT molecular complexity index is 1090. The Morgan fingerprint density at radius 3 is 2.63 bits per heavy atom. The van der Waals surface area contributed by atoms with Crippen molar-refractivity contribution in [3.63, 3.8) is 0 Å². The number of rotatable bonds is 6. The van der Waals surface area contributed by atoms with Crippen LogP contribution in [0.3, 0.4) is 0 Å². The number of ether oxygens (including phenoxy) is 1. The minimum Gasteiger partial charge on any atom is -0.488 e. The number of benzene rings is 3. The van der Waals surface area contributed by atoms with Gasteiger partial charge in [0.15, 0.2) is 0 Å². The van der Waals surface area contributed by atoms with Crippen LogP contribution in [0.15, 0.2) is 72.8 Å². The summed E-state index contributed by atoms with van der Waals surface area (Å²) in [5.74, 6) is -0.120. The topological polar surface area (TPSA) is 72.6 Å². The van der Waals surface area contributed by atoms with Crippen molar-refractivity contribution >= 4 is 11.8 Å². The second-order valence-electron chi connectivity index (χ2n) is 7.52. The summed E-state index contributed by atoms with van der Waals surface area (Å²) in [6.45, 7) is 0.237. The molecule has 1 aliphatic rings. The second-order valence-corrected chi connectivity index (χ2v) is 7.52. The van der Waals surface area contributed by atoms with Gasteiger partial charge in [-0.05, 0) is 53.8 Å². The van der Waals surface area contributed by atoms with Gasteiger partial charge in [-0.2, -0.15) is 0 Å². The van der Waals surface area contributed by atoms with Crippen molar-refractivity contribution in [1.29, 1.82) is 0 Å². The quantitative estimate of drug-likeness (QED) is 0.676. The molecule has 0 bridgehead atoms. The molecule has 3 aromatic rings. The van der Waals surface area contributed by atoms with Gasteiger partial charge in [0.05, 0.1) is 11.6 Å². The molecule has 0 aromatic heterocycles. The van der Waals surface area contributed by atoms with E-state index in [9.17, 15) is 9.59 Å². The van der Waals surface area contributed by atoms with Crippen molar-refractivity contribution in [2.45, 2.75) is 25.5 Å². The number of amides is 2. The maximum absolute atomic E-state index is 13.1. The smallest absolute Gasteiger partial charge is 0.254 e. The second kappa shape index (κ2) is 8.41. The fourth-order valence-corrected chi connectivity index (χ4v) is 4.03. The minimum atomic E-state index is -0.534. The predicted octanol–water partition coefficient (Wildman–Crippen LogP) is 4.12. The van der Waals surface area contributed by atoms with Gasteiger partial charge in [-0.1, -0.05) is 48.5 Å². The van der Waals surface area contributed by atoms with Gasteiger partial charge in [-0.3, -0.25) is 9.59 Å². The highest BCUT2D eigenvalue weighted by molar-refractivity contribution is 5.95. The lowest BCUT2D eigenvalue weighted by Gasteiger charge is -2.25. The Morgan fingerprint density at radius 1 is 1.03 bits per heavy atom. The zero-order valence-corrected chi connectivity index (χ0v) is 16.9. The van der Waals surface area contributed by atoms with Crippen LogP contribution < -0.4 is 10.5 Å². The number of nitrogens with two attached hydrogens (primary N) is 1. The van der Waals surface area contributed by atoms with Gasteiger partial charge >= 0.3 is 0 Å². The standard InChI is InChI=1S/C25H24N2O3/c1-27(22-14-13-18-8-2-3-10-20(18)22)25(29)19-9-6-7-17(15-19)16-30-23-12-5-4-11-21(23)24(26)28/h2-12,15,22H,13-14,16H2,1H3,(H2,26,28). The molecule has 0 fully saturated rings. The van der Waals surface area contributed by atoms with Crippen molar-refractivity contribution < 1.29 is 14.3 Å². The number of carbonyl (C=O) groups excluding carboxylic acids is 2. The summed E-state index contributed by atoms with van der Waals surface area (Å²) in [6, 6.07) is 22.7. The maximum Gasteiger partial charge on any atom is 0.254 e. The molecule has 2 amide bonds. The summed E-state index contributed by atoms with van der Waals surface area (Å²) < 4.78 is 5.80. The summed E-state index contributed by atoms with van der Waals surface area (Å²) in [5, 5.41) is 0. The van der Waals surface area contributed by atoms with Crippen LogP contribution in [0.4, 0.5) is 0 Å². The molecule has 0 saturated heterocycles. The predicted molar refractivity (Wildman–Crippen MR) is 115 cm³/mol. The van der Waals surface area contributed by atoms with E-state index in [1.165, 1.54) is 11.1 Å². The van der Waals surface area contributed by atoms with Crippen LogP contribution in [0, 0.1) is 0 Å². The highest BCUT2D eigenvalue weighted by Gasteiger charge is 2.28. The first-order valence-electron chi connectivity index (χ1n) is 10.00. The lowest BCUT2D eigenvalue weighted by molar-refractivity contribution is 0.0730. The first-order chi connectivity index (χ1) is 14.5. The number of nitrogens with zero attached hydrogens (tertiary/aromatic N) is 1. The molecule has 1 atom stereocenters. The van der Waals surface area contributed by atoms with Crippen LogP contribution in [-0.4, -0.2) is 23.8 Å². The monoisotopic (exact) mass is 400 g/mol. The third-order valence-corrected chi connectivity index (χ3v) is 5.61. The first kappa shape index (κ1) is 19.7. The number of hydrogen-bond donors (Lipinski definition) is 1. The van der Waals surface area contributed by atoms with E-state index in [2.05, 4.69) is 12.1 Å². The highest BCUT2D eigenvalue weighted by Crippen LogP contribution is 2.35. The Labute approximate surface area is 176 Å². The van der Waals surface area contributed by atoms with Gasteiger partial charge < -0.3 is 15.4 Å². The average molecular weight is 400 g/mol. The lowest BCUT2D eigenvalue weighted by Crippen LogP contribution is -2.30. The molecule has 5 nitrogen and oxygen atoms in total. The molecule has 0 saturated carbocycles. The molecule has 0 radical (unpaired) electrons. The summed E-state index contributed by atoms with van der Waals surface area (Å²) >= 11 is 0. The molecule has 5 heteroatoms. The number of primary amides is 1. The van der Waals surface area contributed by atoms with Crippen LogP contribution in [0.5, 0.6) is 5.75 Å². The van der Waals surface area contributed by atoms with Gasteiger partial charge in [0.1, 0.15) is 12.4 Å². The largest absolute Gasteiger partial charge is 0.488 e. The van der Waals surface area contributed by atoms with Crippen LogP contribution in [-0.2, 0) is 13.0 Å². The summed E-state index contributed by atoms with van der Waals surface area (Å²) in [4.78, 5) is 26.5. The van der Waals surface area contributed by atoms with Crippen molar-refractivity contribution in [2.75, 3.05) is 7.05 Å². The van der Waals surface area contributed by atoms with Crippen molar-refractivity contribution in [3.05, 3.63) is 101 Å². The van der Waals surface area contributed by atoms with Crippen LogP contribution in [0.25, 0.3) is 0 Å². The van der Waals surface area contributed by atoms with Crippen LogP contribution >= 0.6 is 0 Å². The SMILES string of the molecule is CN(C(=O)c1cccc(COc2ccccc2C(N)=O)c1)C1CCc2ccccc21. The molecule has 2 N–H and O–H groups in total. The molecule has 0 spiro atoms. The maximum atomic E-state index is 13.1. The molecule has 4 rings (SSSR count). The van der Waals surface area contributed by atoms with E-state index >= 15 is 0 Å². The normalized spacial score (nSPS) is 14.8. The van der Waals surface area contributed by atoms with E-state index in [0.29, 0.717) is 16.9 Å². The fourth-order valence-electron chi connectivity index (χ4n) is 4.03. The summed E-state index contributed by atoms with van der Waals surface area (Å²) in [6.07, 6.45) is 1.93. The molecule has 3 aromatic carbocycles. The van der Waals surface area contributed by atoms with Crippen molar-refractivity contribution in [3.8, 4) is 5.75 Å². The summed E-state index contributed by atoms with van der Waals surface area (Å²) in [7, 11) is 1.86. The van der Waals surface area contributed by atoms with Gasteiger partial charge in [0.2, 0.25) is 0 Å². The van der Waals surface area contributed by atoms with Crippen LogP contribution in [0.1, 0.15) is 49.9 Å². The first-order valence-corrected chi connectivity index (χ1v) is 10.00. The Hall–Kier alpha value is -3.60. The van der Waals surface area contributed by atoms with Crippen molar-refractivity contribution in [1.82, 2.24) is 4.90 Å². The molecular formula is C25H24N2O3. The number of fused-ring (bicyclic) bond motifs is 1. The molecule has 152 valence electrons. The van der Waals surface area contributed by atoms with E-state index in [1.807, 2.05) is 48.3 Å². The van der Waals surface area contributed by atoms with Gasteiger partial charge in [-0.15, -0.1) is 0 Å². The Morgan fingerprint density at radius 2 is 1.80 bits per heavy atom. The number of carbonyl (C=O) groups is 2. The van der Waals surface area contributed by atoms with E-state index in [-0.39, 0.29) is 18.6 Å². The van der Waals surface area contributed by atoms with E-state index in [1.54, 1.807) is 24.3 Å². The number of hydrogen-bond acceptors (Lipinski definition) is 3. The number of para-hydroxylation sites is 1. The highest BCUT2D eigenvalue weighted by atomic mass is 16.5. The summed E-state index contributed by atoms with van der Waals surface area (Å²) in [5.41, 5.74) is 9.76. The zero-order chi connectivity index (χ0) is 21.1. The number of aryl methyl sites for hydroxylation is 1. The van der Waals surface area contributed by atoms with Crippen molar-refractivity contribution in [2.24, 2.45) is 5.73 Å². The Balaban J connectivity index is 1.48. The average Bonchev–Trinajstić information content (AvgIpc) is 3.21. The molecule has 30 heavy (non-hydrogen) atoms. The van der Waals surface area contributed by atoms with E-state index < -0.39 is 5.91 Å². The molecule has 0 heterocycles. The molecule has 1 aliphatic carbocycles.